The van der Waals surface area contributed by atoms with Gasteiger partial charge in [-0.3, -0.25) is 0 Å². The van der Waals surface area contributed by atoms with Crippen LogP contribution in [-0.4, -0.2) is 41.2 Å². The number of aryl methyl sites for hydroxylation is 1. The lowest BCUT2D eigenvalue weighted by Crippen LogP contribution is -2.51. The zero-order valence-corrected chi connectivity index (χ0v) is 18.4. The first-order valence-corrected chi connectivity index (χ1v) is 10.9. The van der Waals surface area contributed by atoms with E-state index in [9.17, 15) is 0 Å². The molecule has 2 N–H and O–H groups in total. The average molecular weight is 397 g/mol. The van der Waals surface area contributed by atoms with Gasteiger partial charge in [-0.2, -0.15) is 0 Å². The Kier molecular flexibility index (Phi) is 7.55. The molecule has 1 aromatic heterocycles. The Morgan fingerprint density at radius 1 is 1.28 bits per heavy atom. The van der Waals surface area contributed by atoms with Crippen LogP contribution in [0.25, 0.3) is 0 Å². The Morgan fingerprint density at radius 3 is 2.79 bits per heavy atom. The highest BCUT2D eigenvalue weighted by Crippen LogP contribution is 2.20. The van der Waals surface area contributed by atoms with Crippen LogP contribution in [0.2, 0.25) is 0 Å². The van der Waals surface area contributed by atoms with Crippen molar-refractivity contribution in [2.45, 2.75) is 59.7 Å². The van der Waals surface area contributed by atoms with Gasteiger partial charge in [-0.05, 0) is 44.7 Å². The molecule has 29 heavy (non-hydrogen) atoms. The van der Waals surface area contributed by atoms with Crippen LogP contribution in [0.3, 0.4) is 0 Å². The molecule has 1 saturated heterocycles. The van der Waals surface area contributed by atoms with Crippen molar-refractivity contribution < 1.29 is 0 Å². The smallest absolute Gasteiger partial charge is 0.191 e. The molecule has 0 saturated carbocycles. The van der Waals surface area contributed by atoms with Crippen molar-refractivity contribution in [3.63, 3.8) is 0 Å². The number of hydrogen-bond acceptors (Lipinski definition) is 3. The molecule has 1 aliphatic heterocycles. The van der Waals surface area contributed by atoms with Crippen molar-refractivity contribution in [2.75, 3.05) is 24.5 Å². The van der Waals surface area contributed by atoms with Gasteiger partial charge in [-0.25, -0.2) is 9.98 Å². The lowest BCUT2D eigenvalue weighted by molar-refractivity contribution is 0.467. The highest BCUT2D eigenvalue weighted by atomic mass is 15.2. The van der Waals surface area contributed by atoms with Crippen LogP contribution in [0.5, 0.6) is 0 Å². The SMILES string of the molecule is CCNC(=NCc1nccn1CC(C)C)NC1CCCN(c2ccc(C)cc2)C1. The Bertz CT molecular complexity index is 777. The normalized spacial score (nSPS) is 17.6. The maximum Gasteiger partial charge on any atom is 0.191 e. The number of aliphatic imine (C=N–C) groups is 1. The van der Waals surface area contributed by atoms with E-state index in [4.69, 9.17) is 4.99 Å². The first-order chi connectivity index (χ1) is 14.0. The maximum absolute atomic E-state index is 4.82. The molecule has 0 aliphatic carbocycles. The molecule has 2 heterocycles. The molecule has 2 aromatic rings. The quantitative estimate of drug-likeness (QED) is 0.555. The fourth-order valence-electron chi connectivity index (χ4n) is 3.80. The second kappa shape index (κ2) is 10.3. The molecule has 6 nitrogen and oxygen atoms in total. The summed E-state index contributed by atoms with van der Waals surface area (Å²) in [7, 11) is 0. The predicted molar refractivity (Wildman–Crippen MR) is 121 cm³/mol. The fourth-order valence-corrected chi connectivity index (χ4v) is 3.80. The number of anilines is 1. The minimum Gasteiger partial charge on any atom is -0.369 e. The van der Waals surface area contributed by atoms with Gasteiger partial charge >= 0.3 is 0 Å². The molecule has 1 unspecified atom stereocenters. The third-order valence-electron chi connectivity index (χ3n) is 5.25. The maximum atomic E-state index is 4.82. The second-order valence-electron chi connectivity index (χ2n) is 8.35. The van der Waals surface area contributed by atoms with Gasteiger partial charge < -0.3 is 20.1 Å². The monoisotopic (exact) mass is 396 g/mol. The minimum absolute atomic E-state index is 0.387. The Morgan fingerprint density at radius 2 is 2.07 bits per heavy atom. The van der Waals surface area contributed by atoms with Crippen molar-refractivity contribution in [1.82, 2.24) is 20.2 Å². The summed E-state index contributed by atoms with van der Waals surface area (Å²) in [6.07, 6.45) is 6.26. The lowest BCUT2D eigenvalue weighted by Gasteiger charge is -2.35. The molecule has 1 fully saturated rings. The van der Waals surface area contributed by atoms with Crippen LogP contribution in [0.4, 0.5) is 5.69 Å². The number of guanidine groups is 1. The third kappa shape index (κ3) is 6.24. The second-order valence-corrected chi connectivity index (χ2v) is 8.35. The van der Waals surface area contributed by atoms with Crippen molar-refractivity contribution in [1.29, 1.82) is 0 Å². The summed E-state index contributed by atoms with van der Waals surface area (Å²) in [4.78, 5) is 11.8. The van der Waals surface area contributed by atoms with Gasteiger partial charge in [0.2, 0.25) is 0 Å². The number of hydrogen-bond donors (Lipinski definition) is 2. The first-order valence-electron chi connectivity index (χ1n) is 10.9. The van der Waals surface area contributed by atoms with E-state index in [1.54, 1.807) is 0 Å². The topological polar surface area (TPSA) is 57.5 Å². The van der Waals surface area contributed by atoms with Crippen LogP contribution in [0.15, 0.2) is 41.7 Å². The highest BCUT2D eigenvalue weighted by Gasteiger charge is 2.21. The number of nitrogens with one attached hydrogen (secondary N) is 2. The molecule has 0 amide bonds. The van der Waals surface area contributed by atoms with Gasteiger partial charge in [-0.1, -0.05) is 31.5 Å². The molecule has 1 aromatic carbocycles. The molecule has 3 rings (SSSR count). The van der Waals surface area contributed by atoms with Gasteiger partial charge in [0.1, 0.15) is 12.4 Å². The minimum atomic E-state index is 0.387. The van der Waals surface area contributed by atoms with E-state index in [1.165, 1.54) is 17.7 Å². The van der Waals surface area contributed by atoms with E-state index in [0.29, 0.717) is 18.5 Å². The van der Waals surface area contributed by atoms with Crippen LogP contribution >= 0.6 is 0 Å². The molecule has 1 atom stereocenters. The Balaban J connectivity index is 1.62. The number of aromatic nitrogens is 2. The lowest BCUT2D eigenvalue weighted by atomic mass is 10.0. The standard InChI is InChI=1S/C23H36N6/c1-5-24-23(26-15-22-25-12-14-29(22)16-18(2)3)27-20-7-6-13-28(17-20)21-10-8-19(4)9-11-21/h8-12,14,18,20H,5-7,13,15-17H2,1-4H3,(H2,24,26,27). The molecular weight excluding hydrogens is 360 g/mol. The van der Waals surface area contributed by atoms with Crippen LogP contribution in [-0.2, 0) is 13.1 Å². The molecule has 1 aliphatic rings. The average Bonchev–Trinajstić information content (AvgIpc) is 3.13. The van der Waals surface area contributed by atoms with Crippen LogP contribution < -0.4 is 15.5 Å². The van der Waals surface area contributed by atoms with Gasteiger partial charge in [-0.15, -0.1) is 0 Å². The molecule has 0 bridgehead atoms. The highest BCUT2D eigenvalue weighted by molar-refractivity contribution is 5.80. The van der Waals surface area contributed by atoms with Crippen molar-refractivity contribution in [3.05, 3.63) is 48.0 Å². The van der Waals surface area contributed by atoms with E-state index in [-0.39, 0.29) is 0 Å². The summed E-state index contributed by atoms with van der Waals surface area (Å²) < 4.78 is 2.21. The van der Waals surface area contributed by atoms with Gasteiger partial charge in [0.15, 0.2) is 5.96 Å². The third-order valence-corrected chi connectivity index (χ3v) is 5.25. The van der Waals surface area contributed by atoms with E-state index >= 15 is 0 Å². The predicted octanol–water partition coefficient (Wildman–Crippen LogP) is 3.57. The molecule has 158 valence electrons. The number of imidazole rings is 1. The summed E-state index contributed by atoms with van der Waals surface area (Å²) in [6.45, 7) is 13.2. The molecule has 0 radical (unpaired) electrons. The van der Waals surface area contributed by atoms with Gasteiger partial charge in [0, 0.05) is 50.3 Å². The van der Waals surface area contributed by atoms with Crippen molar-refractivity contribution in [2.24, 2.45) is 10.9 Å². The van der Waals surface area contributed by atoms with Gasteiger partial charge in [0.25, 0.3) is 0 Å². The zero-order chi connectivity index (χ0) is 20.6. The number of nitrogens with zero attached hydrogens (tertiary/aromatic N) is 4. The molecular formula is C23H36N6. The Labute approximate surface area is 175 Å². The van der Waals surface area contributed by atoms with Crippen LogP contribution in [0.1, 0.15) is 45.0 Å². The van der Waals surface area contributed by atoms with E-state index < -0.39 is 0 Å². The Hall–Kier alpha value is -2.50. The van der Waals surface area contributed by atoms with Crippen molar-refractivity contribution in [3.8, 4) is 0 Å². The van der Waals surface area contributed by atoms with E-state index in [1.807, 2.05) is 12.4 Å². The largest absolute Gasteiger partial charge is 0.369 e. The summed E-state index contributed by atoms with van der Waals surface area (Å²) in [6, 6.07) is 9.23. The van der Waals surface area contributed by atoms with Crippen molar-refractivity contribution >= 4 is 11.6 Å². The summed E-state index contributed by atoms with van der Waals surface area (Å²) >= 11 is 0. The number of rotatable bonds is 7. The summed E-state index contributed by atoms with van der Waals surface area (Å²) in [5.74, 6) is 2.48. The van der Waals surface area contributed by atoms with E-state index in [0.717, 1.165) is 44.4 Å². The summed E-state index contributed by atoms with van der Waals surface area (Å²) in [5.41, 5.74) is 2.61. The zero-order valence-electron chi connectivity index (χ0n) is 18.4. The molecule has 6 heteroatoms. The van der Waals surface area contributed by atoms with Crippen LogP contribution in [0, 0.1) is 12.8 Å². The molecule has 0 spiro atoms. The summed E-state index contributed by atoms with van der Waals surface area (Å²) in [5, 5.41) is 7.05. The number of benzene rings is 1. The fraction of sp³-hybridized carbons (Fsp3) is 0.565. The first kappa shape index (κ1) is 21.2. The van der Waals surface area contributed by atoms with E-state index in [2.05, 4.69) is 77.0 Å². The number of piperidine rings is 1. The van der Waals surface area contributed by atoms with Gasteiger partial charge in [0.05, 0.1) is 0 Å².